The minimum atomic E-state index is -0.535. The molecule has 3 rings (SSSR count). The first kappa shape index (κ1) is 24.6. The van der Waals surface area contributed by atoms with E-state index >= 15 is 0 Å². The highest BCUT2D eigenvalue weighted by Gasteiger charge is 2.36. The summed E-state index contributed by atoms with van der Waals surface area (Å²) >= 11 is 0. The van der Waals surface area contributed by atoms with Gasteiger partial charge in [-0.3, -0.25) is 19.2 Å². The molecule has 1 aliphatic rings. The summed E-state index contributed by atoms with van der Waals surface area (Å²) < 4.78 is 15.1. The second-order valence-electron chi connectivity index (χ2n) is 7.66. The molecule has 0 bridgehead atoms. The van der Waals surface area contributed by atoms with Crippen molar-refractivity contribution >= 4 is 35.1 Å². The van der Waals surface area contributed by atoms with Gasteiger partial charge in [0.1, 0.15) is 18.0 Å². The molecule has 1 heterocycles. The lowest BCUT2D eigenvalue weighted by Gasteiger charge is -2.20. The van der Waals surface area contributed by atoms with E-state index in [0.717, 1.165) is 0 Å². The van der Waals surface area contributed by atoms with Crippen LogP contribution < -0.4 is 25.0 Å². The molecule has 0 radical (unpaired) electrons. The lowest BCUT2D eigenvalue weighted by Crippen LogP contribution is -2.31. The Morgan fingerprint density at radius 3 is 2.41 bits per heavy atom. The summed E-state index contributed by atoms with van der Waals surface area (Å²) in [5.74, 6) is -0.745. The molecule has 1 fully saturated rings. The van der Waals surface area contributed by atoms with Crippen molar-refractivity contribution in [2.24, 2.45) is 5.92 Å². The second-order valence-corrected chi connectivity index (χ2v) is 7.66. The molecular formula is C24H27N3O7. The van der Waals surface area contributed by atoms with Crippen LogP contribution in [-0.4, -0.2) is 58.1 Å². The van der Waals surface area contributed by atoms with Crippen LogP contribution in [0.25, 0.3) is 0 Å². The molecule has 0 aromatic heterocycles. The van der Waals surface area contributed by atoms with Crippen LogP contribution in [0.1, 0.15) is 12.0 Å². The number of esters is 1. The minimum Gasteiger partial charge on any atom is -0.497 e. The van der Waals surface area contributed by atoms with Crippen molar-refractivity contribution in [3.8, 4) is 11.5 Å². The Balaban J connectivity index is 1.59. The fraction of sp³-hybridized carbons (Fsp3) is 0.333. The van der Waals surface area contributed by atoms with Crippen molar-refractivity contribution in [3.63, 3.8) is 0 Å². The maximum Gasteiger partial charge on any atom is 0.325 e. The number of hydrogen-bond donors (Lipinski definition) is 2. The fourth-order valence-corrected chi connectivity index (χ4v) is 3.56. The van der Waals surface area contributed by atoms with E-state index in [1.807, 2.05) is 0 Å². The smallest absolute Gasteiger partial charge is 0.325 e. The standard InChI is InChI=1S/C24H27N3O7/c1-32-18-8-9-20(33-2)19(12-18)27-14-16(11-22(27)29)24(31)26-17-6-4-15(5-7-17)10-21(28)25-13-23(30)34-3/h4-9,12,16H,10-11,13-14H2,1-3H3,(H,25,28)(H,26,31). The average molecular weight is 469 g/mol. The van der Waals surface area contributed by atoms with Crippen LogP contribution in [0, 0.1) is 5.92 Å². The molecule has 180 valence electrons. The second kappa shape index (κ2) is 11.2. The molecule has 2 N–H and O–H groups in total. The molecule has 2 aromatic rings. The topological polar surface area (TPSA) is 123 Å². The normalized spacial score (nSPS) is 15.0. The predicted octanol–water partition coefficient (Wildman–Crippen LogP) is 1.53. The Morgan fingerprint density at radius 2 is 1.76 bits per heavy atom. The highest BCUT2D eigenvalue weighted by atomic mass is 16.5. The van der Waals surface area contributed by atoms with Gasteiger partial charge in [0, 0.05) is 24.7 Å². The van der Waals surface area contributed by atoms with Crippen molar-refractivity contribution in [1.29, 1.82) is 0 Å². The van der Waals surface area contributed by atoms with E-state index in [-0.39, 0.29) is 43.7 Å². The number of benzene rings is 2. The van der Waals surface area contributed by atoms with Gasteiger partial charge < -0.3 is 29.7 Å². The molecule has 1 saturated heterocycles. The maximum absolute atomic E-state index is 12.8. The number of anilines is 2. The number of carbonyl (C=O) groups excluding carboxylic acids is 4. The Bertz CT molecular complexity index is 1070. The molecule has 34 heavy (non-hydrogen) atoms. The van der Waals surface area contributed by atoms with Crippen molar-refractivity contribution in [2.75, 3.05) is 44.6 Å². The van der Waals surface area contributed by atoms with Gasteiger partial charge in [-0.25, -0.2) is 0 Å². The van der Waals surface area contributed by atoms with Gasteiger partial charge in [0.25, 0.3) is 0 Å². The van der Waals surface area contributed by atoms with E-state index in [2.05, 4.69) is 15.4 Å². The number of nitrogens with one attached hydrogen (secondary N) is 2. The fourth-order valence-electron chi connectivity index (χ4n) is 3.56. The van der Waals surface area contributed by atoms with Gasteiger partial charge in [0.15, 0.2) is 0 Å². The van der Waals surface area contributed by atoms with Gasteiger partial charge in [-0.1, -0.05) is 12.1 Å². The largest absolute Gasteiger partial charge is 0.497 e. The first-order valence-corrected chi connectivity index (χ1v) is 10.6. The minimum absolute atomic E-state index is 0.0741. The third-order valence-electron chi connectivity index (χ3n) is 5.42. The van der Waals surface area contributed by atoms with E-state index in [1.54, 1.807) is 42.5 Å². The zero-order valence-electron chi connectivity index (χ0n) is 19.3. The molecule has 3 amide bonds. The van der Waals surface area contributed by atoms with Crippen molar-refractivity contribution in [2.45, 2.75) is 12.8 Å². The van der Waals surface area contributed by atoms with Gasteiger partial charge in [0.05, 0.1) is 39.4 Å². The Labute approximate surface area is 197 Å². The van der Waals surface area contributed by atoms with Crippen LogP contribution in [-0.2, 0) is 30.3 Å². The highest BCUT2D eigenvalue weighted by Crippen LogP contribution is 2.36. The summed E-state index contributed by atoms with van der Waals surface area (Å²) in [5, 5.41) is 5.29. The number of rotatable bonds is 9. The Morgan fingerprint density at radius 1 is 1.03 bits per heavy atom. The summed E-state index contributed by atoms with van der Waals surface area (Å²) in [7, 11) is 4.30. The average Bonchev–Trinajstić information content (AvgIpc) is 3.24. The van der Waals surface area contributed by atoms with Crippen molar-refractivity contribution in [3.05, 3.63) is 48.0 Å². The molecule has 10 nitrogen and oxygen atoms in total. The van der Waals surface area contributed by atoms with Crippen molar-refractivity contribution < 1.29 is 33.4 Å². The monoisotopic (exact) mass is 469 g/mol. The van der Waals surface area contributed by atoms with E-state index in [0.29, 0.717) is 28.4 Å². The number of hydrogen-bond acceptors (Lipinski definition) is 7. The number of ether oxygens (including phenoxy) is 3. The molecule has 10 heteroatoms. The zero-order valence-corrected chi connectivity index (χ0v) is 19.3. The lowest BCUT2D eigenvalue weighted by molar-refractivity contribution is -0.141. The quantitative estimate of drug-likeness (QED) is 0.534. The van der Waals surface area contributed by atoms with Crippen LogP contribution in [0.15, 0.2) is 42.5 Å². The maximum atomic E-state index is 12.8. The highest BCUT2D eigenvalue weighted by molar-refractivity contribution is 6.04. The van der Waals surface area contributed by atoms with E-state index < -0.39 is 11.9 Å². The molecule has 1 atom stereocenters. The van der Waals surface area contributed by atoms with E-state index in [9.17, 15) is 19.2 Å². The molecular weight excluding hydrogens is 442 g/mol. The van der Waals surface area contributed by atoms with Gasteiger partial charge in [-0.15, -0.1) is 0 Å². The Kier molecular flexibility index (Phi) is 8.07. The van der Waals surface area contributed by atoms with Crippen LogP contribution >= 0.6 is 0 Å². The number of methoxy groups -OCH3 is 3. The number of amides is 3. The van der Waals surface area contributed by atoms with Crippen molar-refractivity contribution in [1.82, 2.24) is 5.32 Å². The van der Waals surface area contributed by atoms with Crippen LogP contribution in [0.2, 0.25) is 0 Å². The van der Waals surface area contributed by atoms with Gasteiger partial charge in [0.2, 0.25) is 17.7 Å². The van der Waals surface area contributed by atoms with Crippen LogP contribution in [0.5, 0.6) is 11.5 Å². The summed E-state index contributed by atoms with van der Waals surface area (Å²) in [6.45, 7) is 0.0227. The van der Waals surface area contributed by atoms with E-state index in [4.69, 9.17) is 9.47 Å². The third kappa shape index (κ3) is 6.03. The summed E-state index contributed by atoms with van der Waals surface area (Å²) in [5.41, 5.74) is 1.82. The third-order valence-corrected chi connectivity index (χ3v) is 5.42. The first-order chi connectivity index (χ1) is 16.3. The van der Waals surface area contributed by atoms with Gasteiger partial charge in [-0.2, -0.15) is 0 Å². The summed E-state index contributed by atoms with van der Waals surface area (Å²) in [4.78, 5) is 50.0. The Hall–Kier alpha value is -4.08. The summed E-state index contributed by atoms with van der Waals surface area (Å²) in [6.07, 6.45) is 0.157. The molecule has 1 unspecified atom stereocenters. The molecule has 0 saturated carbocycles. The molecule has 0 aliphatic carbocycles. The molecule has 1 aliphatic heterocycles. The SMILES string of the molecule is COC(=O)CNC(=O)Cc1ccc(NC(=O)C2CC(=O)N(c3cc(OC)ccc3OC)C2)cc1. The van der Waals surface area contributed by atoms with Gasteiger partial charge >= 0.3 is 5.97 Å². The number of carbonyl (C=O) groups is 4. The van der Waals surface area contributed by atoms with Crippen LogP contribution in [0.3, 0.4) is 0 Å². The molecule has 2 aromatic carbocycles. The van der Waals surface area contributed by atoms with Gasteiger partial charge in [-0.05, 0) is 29.8 Å². The van der Waals surface area contributed by atoms with Crippen LogP contribution in [0.4, 0.5) is 11.4 Å². The first-order valence-electron chi connectivity index (χ1n) is 10.6. The zero-order chi connectivity index (χ0) is 24.7. The molecule has 0 spiro atoms. The number of nitrogens with zero attached hydrogens (tertiary/aromatic N) is 1. The summed E-state index contributed by atoms with van der Waals surface area (Å²) in [6, 6.07) is 11.9. The lowest BCUT2D eigenvalue weighted by atomic mass is 10.1. The van der Waals surface area contributed by atoms with E-state index in [1.165, 1.54) is 26.2 Å². The predicted molar refractivity (Wildman–Crippen MR) is 124 cm³/mol.